The number of rotatable bonds is 1. The van der Waals surface area contributed by atoms with Gasteiger partial charge in [0, 0.05) is 0 Å². The Kier molecular flexibility index (Phi) is 1.48. The highest BCUT2D eigenvalue weighted by Crippen LogP contribution is 2.39. The molecule has 1 aliphatic rings. The van der Waals surface area contributed by atoms with Gasteiger partial charge in [-0.05, 0) is 37.1 Å². The zero-order valence-electron chi connectivity index (χ0n) is 7.23. The third-order valence-electron chi connectivity index (χ3n) is 2.35. The van der Waals surface area contributed by atoms with E-state index in [1.54, 1.807) is 12.1 Å². The largest absolute Gasteiger partial charge is 0.365 e. The lowest BCUT2D eigenvalue weighted by Crippen LogP contribution is -2.05. The van der Waals surface area contributed by atoms with Crippen LogP contribution in [0.15, 0.2) is 18.2 Å². The minimum atomic E-state index is -0.216. The zero-order valence-corrected chi connectivity index (χ0v) is 7.23. The van der Waals surface area contributed by atoms with Crippen molar-refractivity contribution < 1.29 is 9.13 Å². The number of halogens is 1. The van der Waals surface area contributed by atoms with Crippen molar-refractivity contribution in [2.24, 2.45) is 0 Å². The van der Waals surface area contributed by atoms with Crippen LogP contribution in [-0.4, -0.2) is 6.61 Å². The van der Waals surface area contributed by atoms with Gasteiger partial charge in [-0.25, -0.2) is 4.39 Å². The topological polar surface area (TPSA) is 12.5 Å². The van der Waals surface area contributed by atoms with Crippen LogP contribution in [0.3, 0.4) is 0 Å². The third-order valence-corrected chi connectivity index (χ3v) is 2.35. The number of ether oxygens (including phenoxy) is 1. The van der Waals surface area contributed by atoms with Crippen LogP contribution in [0.4, 0.5) is 4.39 Å². The maximum Gasteiger partial charge on any atom is 0.123 e. The van der Waals surface area contributed by atoms with Crippen molar-refractivity contribution in [1.82, 2.24) is 0 Å². The molecule has 0 spiro atoms. The van der Waals surface area contributed by atoms with Crippen molar-refractivity contribution >= 4 is 0 Å². The van der Waals surface area contributed by atoms with Gasteiger partial charge in [-0.15, -0.1) is 0 Å². The Hall–Kier alpha value is -0.890. The summed E-state index contributed by atoms with van der Waals surface area (Å²) in [7, 11) is 0. The molecule has 1 heterocycles. The van der Waals surface area contributed by atoms with Gasteiger partial charge in [0.25, 0.3) is 0 Å². The van der Waals surface area contributed by atoms with Gasteiger partial charge >= 0.3 is 0 Å². The molecule has 1 fully saturated rings. The Balaban J connectivity index is 2.48. The first kappa shape index (κ1) is 7.74. The minimum Gasteiger partial charge on any atom is -0.365 e. The fraction of sp³-hybridized carbons (Fsp3) is 0.400. The lowest BCUT2D eigenvalue weighted by Gasteiger charge is -2.08. The average molecular weight is 166 g/mol. The molecule has 2 heteroatoms. The molecular weight excluding hydrogens is 155 g/mol. The summed E-state index contributed by atoms with van der Waals surface area (Å²) in [6.07, 6.45) is 0. The molecule has 64 valence electrons. The molecule has 1 aliphatic heterocycles. The molecular formula is C10H11FO. The fourth-order valence-corrected chi connectivity index (χ4v) is 1.43. The molecule has 1 nitrogen and oxygen atoms in total. The van der Waals surface area contributed by atoms with Crippen molar-refractivity contribution in [2.45, 2.75) is 19.4 Å². The van der Waals surface area contributed by atoms with Gasteiger partial charge in [0.15, 0.2) is 0 Å². The summed E-state index contributed by atoms with van der Waals surface area (Å²) < 4.78 is 18.1. The van der Waals surface area contributed by atoms with Gasteiger partial charge in [-0.1, -0.05) is 6.07 Å². The van der Waals surface area contributed by atoms with Crippen molar-refractivity contribution in [3.05, 3.63) is 35.1 Å². The van der Waals surface area contributed by atoms with E-state index in [9.17, 15) is 4.39 Å². The van der Waals surface area contributed by atoms with E-state index in [-0.39, 0.29) is 11.4 Å². The first-order valence-electron chi connectivity index (χ1n) is 4.02. The number of benzene rings is 1. The second-order valence-corrected chi connectivity index (χ2v) is 3.48. The van der Waals surface area contributed by atoms with Crippen LogP contribution in [0.25, 0.3) is 0 Å². The lowest BCUT2D eigenvalue weighted by atomic mass is 9.97. The summed E-state index contributed by atoms with van der Waals surface area (Å²) in [5.74, 6) is -0.188. The maximum atomic E-state index is 12.8. The lowest BCUT2D eigenvalue weighted by molar-refractivity contribution is 0.327. The van der Waals surface area contributed by atoms with E-state index in [1.165, 1.54) is 6.07 Å². The first-order valence-corrected chi connectivity index (χ1v) is 4.02. The van der Waals surface area contributed by atoms with Gasteiger partial charge in [0.1, 0.15) is 11.4 Å². The maximum absolute atomic E-state index is 12.8. The Labute approximate surface area is 71.2 Å². The van der Waals surface area contributed by atoms with Crippen LogP contribution in [0.1, 0.15) is 18.1 Å². The smallest absolute Gasteiger partial charge is 0.123 e. The molecule has 0 N–H and O–H groups in total. The fourth-order valence-electron chi connectivity index (χ4n) is 1.43. The van der Waals surface area contributed by atoms with Gasteiger partial charge in [-0.3, -0.25) is 0 Å². The van der Waals surface area contributed by atoms with Crippen molar-refractivity contribution in [1.29, 1.82) is 0 Å². The van der Waals surface area contributed by atoms with E-state index >= 15 is 0 Å². The predicted octanol–water partition coefficient (Wildman–Crippen LogP) is 2.38. The second kappa shape index (κ2) is 2.30. The summed E-state index contributed by atoms with van der Waals surface area (Å²) in [4.78, 5) is 0. The number of epoxide rings is 1. The van der Waals surface area contributed by atoms with Crippen LogP contribution in [-0.2, 0) is 10.3 Å². The Morgan fingerprint density at radius 2 is 2.17 bits per heavy atom. The first-order chi connectivity index (χ1) is 5.62. The summed E-state index contributed by atoms with van der Waals surface area (Å²) >= 11 is 0. The molecule has 0 saturated carbocycles. The highest BCUT2D eigenvalue weighted by molar-refractivity contribution is 5.34. The van der Waals surface area contributed by atoms with Gasteiger partial charge in [0.2, 0.25) is 0 Å². The van der Waals surface area contributed by atoms with E-state index in [1.807, 2.05) is 13.8 Å². The van der Waals surface area contributed by atoms with Crippen LogP contribution < -0.4 is 0 Å². The summed E-state index contributed by atoms with van der Waals surface area (Å²) in [6, 6.07) is 4.82. The van der Waals surface area contributed by atoms with E-state index in [0.29, 0.717) is 6.61 Å². The molecule has 0 bridgehead atoms. The zero-order chi connectivity index (χ0) is 8.77. The molecule has 1 aromatic rings. The van der Waals surface area contributed by atoms with Gasteiger partial charge in [-0.2, -0.15) is 0 Å². The standard InChI is InChI=1S/C10H11FO/c1-7-3-4-8(11)5-9(7)10(2)6-12-10/h3-5H,6H2,1-2H3. The summed E-state index contributed by atoms with van der Waals surface area (Å²) in [5.41, 5.74) is 1.85. The average Bonchev–Trinajstić information content (AvgIpc) is 2.75. The normalized spacial score (nSPS) is 27.2. The van der Waals surface area contributed by atoms with Crippen LogP contribution >= 0.6 is 0 Å². The van der Waals surface area contributed by atoms with E-state index in [0.717, 1.165) is 11.1 Å². The quantitative estimate of drug-likeness (QED) is 0.583. The molecule has 0 aromatic heterocycles. The molecule has 1 aromatic carbocycles. The summed E-state index contributed by atoms with van der Waals surface area (Å²) in [5, 5.41) is 0. The molecule has 2 rings (SSSR count). The second-order valence-electron chi connectivity index (χ2n) is 3.48. The number of hydrogen-bond acceptors (Lipinski definition) is 1. The van der Waals surface area contributed by atoms with Crippen molar-refractivity contribution in [3.63, 3.8) is 0 Å². The van der Waals surface area contributed by atoms with E-state index < -0.39 is 0 Å². The Morgan fingerprint density at radius 1 is 1.50 bits per heavy atom. The molecule has 0 amide bonds. The third kappa shape index (κ3) is 1.12. The number of hydrogen-bond donors (Lipinski definition) is 0. The van der Waals surface area contributed by atoms with E-state index in [4.69, 9.17) is 4.74 Å². The van der Waals surface area contributed by atoms with Crippen molar-refractivity contribution in [3.8, 4) is 0 Å². The van der Waals surface area contributed by atoms with Gasteiger partial charge < -0.3 is 4.74 Å². The molecule has 1 saturated heterocycles. The highest BCUT2D eigenvalue weighted by Gasteiger charge is 2.42. The van der Waals surface area contributed by atoms with Crippen LogP contribution in [0.2, 0.25) is 0 Å². The van der Waals surface area contributed by atoms with Crippen molar-refractivity contribution in [2.75, 3.05) is 6.61 Å². The summed E-state index contributed by atoms with van der Waals surface area (Å²) in [6.45, 7) is 4.66. The predicted molar refractivity (Wildman–Crippen MR) is 44.4 cm³/mol. The SMILES string of the molecule is Cc1ccc(F)cc1C1(C)CO1. The molecule has 0 aliphatic carbocycles. The van der Waals surface area contributed by atoms with Crippen LogP contribution in [0.5, 0.6) is 0 Å². The molecule has 1 atom stereocenters. The van der Waals surface area contributed by atoms with Crippen LogP contribution in [0, 0.1) is 12.7 Å². The minimum absolute atomic E-state index is 0.188. The Morgan fingerprint density at radius 3 is 2.75 bits per heavy atom. The van der Waals surface area contributed by atoms with E-state index in [2.05, 4.69) is 0 Å². The molecule has 12 heavy (non-hydrogen) atoms. The monoisotopic (exact) mass is 166 g/mol. The number of aryl methyl sites for hydroxylation is 1. The molecule has 1 unspecified atom stereocenters. The molecule has 0 radical (unpaired) electrons. The highest BCUT2D eigenvalue weighted by atomic mass is 19.1. The Bertz CT molecular complexity index is 316. The van der Waals surface area contributed by atoms with Gasteiger partial charge in [0.05, 0.1) is 6.61 Å².